The van der Waals surface area contributed by atoms with E-state index in [0.717, 1.165) is 77.0 Å². The highest BCUT2D eigenvalue weighted by Crippen LogP contribution is 2.18. The Morgan fingerprint density at radius 1 is 0.446 bits per heavy atom. The molecule has 0 radical (unpaired) electrons. The summed E-state index contributed by atoms with van der Waals surface area (Å²) >= 11 is 0. The first-order valence-corrected chi connectivity index (χ1v) is 23.8. The molecule has 0 rings (SSSR count). The number of unbranched alkanes of at least 4 members (excludes halogenated alkanes) is 23. The zero-order valence-electron chi connectivity index (χ0n) is 37.2. The van der Waals surface area contributed by atoms with Gasteiger partial charge in [-0.15, -0.1) is 0 Å². The molecule has 0 saturated heterocycles. The average molecular weight is 795 g/mol. The van der Waals surface area contributed by atoms with Gasteiger partial charge >= 0.3 is 23.9 Å². The van der Waals surface area contributed by atoms with Gasteiger partial charge in [-0.05, 0) is 57.8 Å². The predicted octanol–water partition coefficient (Wildman–Crippen LogP) is 12.9. The third-order valence-electron chi connectivity index (χ3n) is 10.6. The average Bonchev–Trinajstić information content (AvgIpc) is 3.18. The number of nitrogens with one attached hydrogen (secondary N) is 2. The highest BCUT2D eigenvalue weighted by Gasteiger charge is 2.15. The summed E-state index contributed by atoms with van der Waals surface area (Å²) in [6.45, 7) is 10.5. The Hall–Kier alpha value is -2.32. The molecular weight excluding hydrogens is 705 g/mol. The molecule has 0 heterocycles. The molecule has 1 atom stereocenters. The quantitative estimate of drug-likeness (QED) is 0.0358. The van der Waals surface area contributed by atoms with E-state index in [-0.39, 0.29) is 42.6 Å². The first-order chi connectivity index (χ1) is 27.3. The van der Waals surface area contributed by atoms with Crippen LogP contribution in [0.25, 0.3) is 0 Å². The lowest BCUT2D eigenvalue weighted by molar-refractivity contribution is -0.150. The Morgan fingerprint density at radius 3 is 1.39 bits per heavy atom. The van der Waals surface area contributed by atoms with Crippen LogP contribution in [-0.2, 0) is 28.6 Å². The molecule has 9 heteroatoms. The van der Waals surface area contributed by atoms with Gasteiger partial charge in [-0.25, -0.2) is 4.79 Å². The minimum atomic E-state index is -0.244. The summed E-state index contributed by atoms with van der Waals surface area (Å²) in [7, 11) is 0. The molecule has 0 bridgehead atoms. The van der Waals surface area contributed by atoms with Crippen LogP contribution in [0.3, 0.4) is 0 Å². The maximum absolute atomic E-state index is 12.6. The molecule has 2 amide bonds. The summed E-state index contributed by atoms with van der Waals surface area (Å²) < 4.78 is 16.7. The largest absolute Gasteiger partial charge is 0.466 e. The van der Waals surface area contributed by atoms with Gasteiger partial charge in [-0.1, -0.05) is 163 Å². The molecule has 9 nitrogen and oxygen atoms in total. The molecule has 1 unspecified atom stereocenters. The van der Waals surface area contributed by atoms with Crippen molar-refractivity contribution in [3.05, 3.63) is 0 Å². The number of carbonyl (C=O) groups is 4. The summed E-state index contributed by atoms with van der Waals surface area (Å²) in [5, 5.41) is 5.77. The van der Waals surface area contributed by atoms with E-state index in [0.29, 0.717) is 51.8 Å². The maximum atomic E-state index is 12.6. The summed E-state index contributed by atoms with van der Waals surface area (Å²) in [5.74, 6) is -0.420. The number of hydrogen-bond acceptors (Lipinski definition) is 7. The summed E-state index contributed by atoms with van der Waals surface area (Å²) in [6, 6.07) is -0.210. The third kappa shape index (κ3) is 39.9. The van der Waals surface area contributed by atoms with Crippen LogP contribution < -0.4 is 10.6 Å². The predicted molar refractivity (Wildman–Crippen MR) is 232 cm³/mol. The molecule has 0 aliphatic heterocycles. The van der Waals surface area contributed by atoms with Gasteiger partial charge in [0, 0.05) is 38.3 Å². The SMILES string of the molecule is CCCCCCCCCCOC(=O)CCCCCC(=O)OCC(C)CNC(=O)NCCCCCCCC(=O)OC(CCCCCCCC)CCCCCCCC. The van der Waals surface area contributed by atoms with Gasteiger partial charge in [0.1, 0.15) is 6.10 Å². The van der Waals surface area contributed by atoms with Crippen molar-refractivity contribution in [2.45, 2.75) is 246 Å². The van der Waals surface area contributed by atoms with Crippen LogP contribution in [0, 0.1) is 5.92 Å². The lowest BCUT2D eigenvalue weighted by atomic mass is 10.0. The number of amides is 2. The molecule has 0 aliphatic carbocycles. The lowest BCUT2D eigenvalue weighted by Gasteiger charge is -2.18. The third-order valence-corrected chi connectivity index (χ3v) is 10.6. The Bertz CT molecular complexity index is 899. The number of urea groups is 1. The fourth-order valence-corrected chi connectivity index (χ4v) is 6.84. The van der Waals surface area contributed by atoms with E-state index in [4.69, 9.17) is 14.2 Å². The molecule has 0 saturated carbocycles. The Labute approximate surface area is 345 Å². The molecule has 2 N–H and O–H groups in total. The normalized spacial score (nSPS) is 11.7. The van der Waals surface area contributed by atoms with E-state index in [1.807, 2.05) is 6.92 Å². The lowest BCUT2D eigenvalue weighted by Crippen LogP contribution is -2.39. The summed E-state index contributed by atoms with van der Waals surface area (Å²) in [6.07, 6.45) is 35.2. The molecule has 56 heavy (non-hydrogen) atoms. The Balaban J connectivity index is 3.82. The van der Waals surface area contributed by atoms with Gasteiger partial charge in [-0.2, -0.15) is 0 Å². The van der Waals surface area contributed by atoms with Crippen LogP contribution in [0.2, 0.25) is 0 Å². The van der Waals surface area contributed by atoms with Crippen LogP contribution in [0.15, 0.2) is 0 Å². The van der Waals surface area contributed by atoms with Gasteiger partial charge < -0.3 is 24.8 Å². The van der Waals surface area contributed by atoms with Crippen LogP contribution in [0.5, 0.6) is 0 Å². The standard InChI is InChI=1S/C47H90N2O7/c1-5-8-11-14-17-18-24-32-39-54-44(50)35-29-25-30-36-45(51)55-41-42(4)40-49-47(53)48-38-31-23-19-22-28-37-46(52)56-43(33-26-20-15-12-9-6-2)34-27-21-16-13-10-7-3/h42-43H,5-41H2,1-4H3,(H2,48,49,53). The minimum absolute atomic E-state index is 0.00796. The van der Waals surface area contributed by atoms with Crippen molar-refractivity contribution < 1.29 is 33.4 Å². The van der Waals surface area contributed by atoms with Crippen molar-refractivity contribution in [2.24, 2.45) is 5.92 Å². The Kier molecular flexibility index (Phi) is 40.5. The zero-order valence-corrected chi connectivity index (χ0v) is 37.2. The monoisotopic (exact) mass is 795 g/mol. The second-order valence-corrected chi connectivity index (χ2v) is 16.4. The molecule has 0 aromatic heterocycles. The van der Waals surface area contributed by atoms with Crippen LogP contribution in [0.1, 0.15) is 240 Å². The van der Waals surface area contributed by atoms with Crippen molar-refractivity contribution in [1.82, 2.24) is 10.6 Å². The smallest absolute Gasteiger partial charge is 0.314 e. The van der Waals surface area contributed by atoms with Crippen molar-refractivity contribution >= 4 is 23.9 Å². The van der Waals surface area contributed by atoms with Crippen molar-refractivity contribution in [3.63, 3.8) is 0 Å². The van der Waals surface area contributed by atoms with E-state index in [2.05, 4.69) is 31.4 Å². The van der Waals surface area contributed by atoms with E-state index in [1.165, 1.54) is 103 Å². The highest BCUT2D eigenvalue weighted by atomic mass is 16.5. The van der Waals surface area contributed by atoms with E-state index >= 15 is 0 Å². The molecule has 0 aliphatic rings. The van der Waals surface area contributed by atoms with Crippen LogP contribution >= 0.6 is 0 Å². The number of rotatable bonds is 42. The molecule has 330 valence electrons. The van der Waals surface area contributed by atoms with Crippen molar-refractivity contribution in [2.75, 3.05) is 26.3 Å². The van der Waals surface area contributed by atoms with Crippen LogP contribution in [-0.4, -0.2) is 56.3 Å². The van der Waals surface area contributed by atoms with Crippen molar-refractivity contribution in [3.8, 4) is 0 Å². The zero-order chi connectivity index (χ0) is 41.2. The summed E-state index contributed by atoms with van der Waals surface area (Å²) in [5.41, 5.74) is 0. The minimum Gasteiger partial charge on any atom is -0.466 e. The van der Waals surface area contributed by atoms with Gasteiger partial charge in [0.25, 0.3) is 0 Å². The number of esters is 3. The fourth-order valence-electron chi connectivity index (χ4n) is 6.84. The summed E-state index contributed by atoms with van der Waals surface area (Å²) in [4.78, 5) is 48.9. The van der Waals surface area contributed by atoms with E-state index in [1.54, 1.807) is 0 Å². The molecule has 0 aromatic carbocycles. The van der Waals surface area contributed by atoms with E-state index in [9.17, 15) is 19.2 Å². The topological polar surface area (TPSA) is 120 Å². The molecule has 0 spiro atoms. The van der Waals surface area contributed by atoms with E-state index < -0.39 is 0 Å². The Morgan fingerprint density at radius 2 is 0.857 bits per heavy atom. The van der Waals surface area contributed by atoms with Gasteiger partial charge in [0.05, 0.1) is 13.2 Å². The molecule has 0 fully saturated rings. The first kappa shape index (κ1) is 53.7. The second-order valence-electron chi connectivity index (χ2n) is 16.4. The number of carbonyl (C=O) groups excluding carboxylic acids is 4. The van der Waals surface area contributed by atoms with Crippen LogP contribution in [0.4, 0.5) is 4.79 Å². The highest BCUT2D eigenvalue weighted by molar-refractivity contribution is 5.73. The number of ether oxygens (including phenoxy) is 3. The first-order valence-electron chi connectivity index (χ1n) is 23.8. The van der Waals surface area contributed by atoms with Gasteiger partial charge in [-0.3, -0.25) is 14.4 Å². The number of hydrogen-bond donors (Lipinski definition) is 2. The molecular formula is C47H90N2O7. The van der Waals surface area contributed by atoms with Gasteiger partial charge in [0.2, 0.25) is 0 Å². The van der Waals surface area contributed by atoms with Gasteiger partial charge in [0.15, 0.2) is 0 Å². The maximum Gasteiger partial charge on any atom is 0.314 e. The van der Waals surface area contributed by atoms with Crippen molar-refractivity contribution in [1.29, 1.82) is 0 Å². The fraction of sp³-hybridized carbons (Fsp3) is 0.915. The second kappa shape index (κ2) is 42.3. The molecule has 0 aromatic rings.